The summed E-state index contributed by atoms with van der Waals surface area (Å²) in [6.45, 7) is 10.5. The van der Waals surface area contributed by atoms with E-state index in [4.69, 9.17) is 9.47 Å². The maximum Gasteiger partial charge on any atom is 0.325 e. The monoisotopic (exact) mass is 259 g/mol. The standard InChI is InChI=1S/C14H29NO3/c1-5-8-12(4)10-17-11-13(15-9-6-2)14(16)18-7-3/h12-13,15H,5-11H2,1-4H3. The van der Waals surface area contributed by atoms with E-state index in [1.807, 2.05) is 6.92 Å². The molecule has 0 saturated carbocycles. The van der Waals surface area contributed by atoms with Gasteiger partial charge in [-0.05, 0) is 32.2 Å². The Bertz CT molecular complexity index is 209. The smallest absolute Gasteiger partial charge is 0.325 e. The number of carbonyl (C=O) groups excluding carboxylic acids is 1. The summed E-state index contributed by atoms with van der Waals surface area (Å²) in [5, 5.41) is 3.16. The van der Waals surface area contributed by atoms with Crippen LogP contribution in [0.4, 0.5) is 0 Å². The van der Waals surface area contributed by atoms with Gasteiger partial charge in [-0.3, -0.25) is 4.79 Å². The van der Waals surface area contributed by atoms with Gasteiger partial charge in [-0.25, -0.2) is 0 Å². The second-order valence-electron chi connectivity index (χ2n) is 4.69. The third kappa shape index (κ3) is 8.48. The topological polar surface area (TPSA) is 47.6 Å². The quantitative estimate of drug-likeness (QED) is 0.579. The van der Waals surface area contributed by atoms with Gasteiger partial charge < -0.3 is 14.8 Å². The van der Waals surface area contributed by atoms with E-state index in [1.165, 1.54) is 6.42 Å². The highest BCUT2D eigenvalue weighted by atomic mass is 16.5. The largest absolute Gasteiger partial charge is 0.465 e. The molecule has 0 saturated heterocycles. The molecule has 0 aliphatic rings. The summed E-state index contributed by atoms with van der Waals surface area (Å²) < 4.78 is 10.6. The maximum absolute atomic E-state index is 11.7. The molecule has 0 radical (unpaired) electrons. The van der Waals surface area contributed by atoms with Crippen LogP contribution in [0, 0.1) is 5.92 Å². The molecule has 4 nitrogen and oxygen atoms in total. The lowest BCUT2D eigenvalue weighted by Gasteiger charge is -2.18. The molecule has 0 spiro atoms. The molecule has 0 aromatic heterocycles. The zero-order valence-electron chi connectivity index (χ0n) is 12.3. The summed E-state index contributed by atoms with van der Waals surface area (Å²) in [4.78, 5) is 11.7. The van der Waals surface area contributed by atoms with Gasteiger partial charge in [-0.1, -0.05) is 27.2 Å². The summed E-state index contributed by atoms with van der Waals surface area (Å²) in [5.41, 5.74) is 0. The number of nitrogens with one attached hydrogen (secondary N) is 1. The summed E-state index contributed by atoms with van der Waals surface area (Å²) >= 11 is 0. The van der Waals surface area contributed by atoms with E-state index in [2.05, 4.69) is 26.1 Å². The van der Waals surface area contributed by atoms with Crippen molar-refractivity contribution >= 4 is 5.97 Å². The molecule has 0 aliphatic heterocycles. The highest BCUT2D eigenvalue weighted by Gasteiger charge is 2.19. The molecular formula is C14H29NO3. The first-order chi connectivity index (χ1) is 8.65. The van der Waals surface area contributed by atoms with Gasteiger partial charge in [0.15, 0.2) is 0 Å². The average molecular weight is 259 g/mol. The number of esters is 1. The number of ether oxygens (including phenoxy) is 2. The van der Waals surface area contributed by atoms with Crippen LogP contribution >= 0.6 is 0 Å². The molecule has 18 heavy (non-hydrogen) atoms. The van der Waals surface area contributed by atoms with Crippen molar-refractivity contribution in [2.24, 2.45) is 5.92 Å². The van der Waals surface area contributed by atoms with Crippen molar-refractivity contribution in [2.45, 2.75) is 53.0 Å². The fraction of sp³-hybridized carbons (Fsp3) is 0.929. The van der Waals surface area contributed by atoms with Crippen LogP contribution in [0.5, 0.6) is 0 Å². The van der Waals surface area contributed by atoms with Crippen molar-refractivity contribution in [3.05, 3.63) is 0 Å². The molecule has 0 aromatic rings. The molecular weight excluding hydrogens is 230 g/mol. The third-order valence-electron chi connectivity index (χ3n) is 2.68. The lowest BCUT2D eigenvalue weighted by Crippen LogP contribution is -2.42. The summed E-state index contributed by atoms with van der Waals surface area (Å²) in [6.07, 6.45) is 3.31. The Kier molecular flexibility index (Phi) is 11.1. The van der Waals surface area contributed by atoms with Crippen LogP contribution in [-0.2, 0) is 14.3 Å². The first-order valence-corrected chi connectivity index (χ1v) is 7.13. The molecule has 0 bridgehead atoms. The number of hydrogen-bond donors (Lipinski definition) is 1. The lowest BCUT2D eigenvalue weighted by atomic mass is 10.1. The van der Waals surface area contributed by atoms with Gasteiger partial charge in [-0.15, -0.1) is 0 Å². The van der Waals surface area contributed by atoms with Gasteiger partial charge in [0.1, 0.15) is 6.04 Å². The van der Waals surface area contributed by atoms with Crippen molar-refractivity contribution in [1.29, 1.82) is 0 Å². The van der Waals surface area contributed by atoms with Crippen molar-refractivity contribution in [3.8, 4) is 0 Å². The van der Waals surface area contributed by atoms with Gasteiger partial charge in [-0.2, -0.15) is 0 Å². The van der Waals surface area contributed by atoms with Crippen molar-refractivity contribution < 1.29 is 14.3 Å². The molecule has 1 N–H and O–H groups in total. The zero-order valence-corrected chi connectivity index (χ0v) is 12.3. The molecule has 0 fully saturated rings. The summed E-state index contributed by atoms with van der Waals surface area (Å²) in [6, 6.07) is -0.335. The Morgan fingerprint density at radius 2 is 1.89 bits per heavy atom. The van der Waals surface area contributed by atoms with E-state index < -0.39 is 0 Å². The van der Waals surface area contributed by atoms with E-state index in [1.54, 1.807) is 0 Å². The highest BCUT2D eigenvalue weighted by molar-refractivity contribution is 5.75. The number of carbonyl (C=O) groups is 1. The second kappa shape index (κ2) is 11.5. The van der Waals surface area contributed by atoms with E-state index in [0.29, 0.717) is 25.7 Å². The summed E-state index contributed by atoms with van der Waals surface area (Å²) in [7, 11) is 0. The first-order valence-electron chi connectivity index (χ1n) is 7.13. The van der Waals surface area contributed by atoms with E-state index in [9.17, 15) is 4.79 Å². The van der Waals surface area contributed by atoms with E-state index in [-0.39, 0.29) is 12.0 Å². The SMILES string of the molecule is CCCNC(COCC(C)CCC)C(=O)OCC. The van der Waals surface area contributed by atoms with E-state index >= 15 is 0 Å². The Hall–Kier alpha value is -0.610. The summed E-state index contributed by atoms with van der Waals surface area (Å²) in [5.74, 6) is 0.332. The van der Waals surface area contributed by atoms with Crippen LogP contribution in [0.25, 0.3) is 0 Å². The minimum absolute atomic E-state index is 0.214. The molecule has 0 aliphatic carbocycles. The van der Waals surface area contributed by atoms with Gasteiger partial charge in [0.25, 0.3) is 0 Å². The van der Waals surface area contributed by atoms with E-state index in [0.717, 1.165) is 19.4 Å². The predicted octanol–water partition coefficient (Wildman–Crippen LogP) is 2.37. The highest BCUT2D eigenvalue weighted by Crippen LogP contribution is 2.05. The van der Waals surface area contributed by atoms with Crippen LogP contribution in [0.1, 0.15) is 47.0 Å². The Labute approximate surface area is 111 Å². The number of rotatable bonds is 11. The van der Waals surface area contributed by atoms with Gasteiger partial charge in [0.2, 0.25) is 0 Å². The van der Waals surface area contributed by atoms with Gasteiger partial charge in [0, 0.05) is 6.61 Å². The van der Waals surface area contributed by atoms with Crippen LogP contribution in [0.3, 0.4) is 0 Å². The van der Waals surface area contributed by atoms with Crippen LogP contribution < -0.4 is 5.32 Å². The van der Waals surface area contributed by atoms with Crippen molar-refractivity contribution in [3.63, 3.8) is 0 Å². The van der Waals surface area contributed by atoms with Gasteiger partial charge in [0.05, 0.1) is 13.2 Å². The predicted molar refractivity (Wildman–Crippen MR) is 73.6 cm³/mol. The minimum atomic E-state index is -0.335. The maximum atomic E-state index is 11.7. The van der Waals surface area contributed by atoms with Crippen LogP contribution in [0.2, 0.25) is 0 Å². The van der Waals surface area contributed by atoms with Crippen molar-refractivity contribution in [1.82, 2.24) is 5.32 Å². The second-order valence-corrected chi connectivity index (χ2v) is 4.69. The molecule has 2 atom stereocenters. The third-order valence-corrected chi connectivity index (χ3v) is 2.68. The fourth-order valence-corrected chi connectivity index (χ4v) is 1.73. The van der Waals surface area contributed by atoms with Crippen LogP contribution in [-0.4, -0.2) is 38.4 Å². The Morgan fingerprint density at radius 1 is 1.17 bits per heavy atom. The zero-order chi connectivity index (χ0) is 13.8. The molecule has 0 rings (SSSR count). The average Bonchev–Trinajstić information content (AvgIpc) is 2.34. The van der Waals surface area contributed by atoms with Crippen LogP contribution in [0.15, 0.2) is 0 Å². The lowest BCUT2D eigenvalue weighted by molar-refractivity contribution is -0.147. The Morgan fingerprint density at radius 3 is 2.44 bits per heavy atom. The minimum Gasteiger partial charge on any atom is -0.465 e. The molecule has 0 amide bonds. The van der Waals surface area contributed by atoms with Gasteiger partial charge >= 0.3 is 5.97 Å². The molecule has 108 valence electrons. The molecule has 4 heteroatoms. The molecule has 0 aromatic carbocycles. The molecule has 0 heterocycles. The van der Waals surface area contributed by atoms with Crippen molar-refractivity contribution in [2.75, 3.05) is 26.4 Å². The fourth-order valence-electron chi connectivity index (χ4n) is 1.73. The number of hydrogen-bond acceptors (Lipinski definition) is 4. The Balaban J connectivity index is 3.95. The first kappa shape index (κ1) is 17.4. The normalized spacial score (nSPS) is 14.2. The molecule has 2 unspecified atom stereocenters.